The number of aromatic carboxylic acids is 1. The van der Waals surface area contributed by atoms with Crippen LogP contribution >= 0.6 is 11.3 Å². The maximum atomic E-state index is 13.2. The first-order chi connectivity index (χ1) is 14.4. The first kappa shape index (κ1) is 19.8. The molecule has 5 nitrogen and oxygen atoms in total. The summed E-state index contributed by atoms with van der Waals surface area (Å²) in [6.07, 6.45) is 3.76. The molecule has 0 aliphatic heterocycles. The lowest BCUT2D eigenvalue weighted by Crippen LogP contribution is -2.19. The lowest BCUT2D eigenvalue weighted by Gasteiger charge is -2.06. The predicted octanol–water partition coefficient (Wildman–Crippen LogP) is 5.22. The van der Waals surface area contributed by atoms with Crippen molar-refractivity contribution in [2.45, 2.75) is 20.8 Å². The van der Waals surface area contributed by atoms with Crippen molar-refractivity contribution in [2.75, 3.05) is 0 Å². The number of carboxylic acid groups (broad SMARTS) is 1. The van der Waals surface area contributed by atoms with Crippen molar-refractivity contribution >= 4 is 34.4 Å². The fourth-order valence-corrected chi connectivity index (χ4v) is 4.36. The molecule has 6 heteroatoms. The van der Waals surface area contributed by atoms with Gasteiger partial charge in [-0.25, -0.2) is 14.2 Å². The molecule has 0 aliphatic carbocycles. The summed E-state index contributed by atoms with van der Waals surface area (Å²) in [6.45, 7) is 5.78. The van der Waals surface area contributed by atoms with Crippen LogP contribution in [0.15, 0.2) is 53.3 Å². The van der Waals surface area contributed by atoms with E-state index in [1.165, 1.54) is 4.40 Å². The Labute approximate surface area is 177 Å². The van der Waals surface area contributed by atoms with E-state index in [4.69, 9.17) is 0 Å². The minimum atomic E-state index is -1.08. The van der Waals surface area contributed by atoms with Crippen LogP contribution < -0.4 is 5.56 Å². The molecule has 30 heavy (non-hydrogen) atoms. The Morgan fingerprint density at radius 1 is 1.07 bits per heavy atom. The van der Waals surface area contributed by atoms with Gasteiger partial charge in [0, 0.05) is 11.1 Å². The molecule has 0 aliphatic rings. The van der Waals surface area contributed by atoms with E-state index < -0.39 is 5.97 Å². The second-order valence-corrected chi connectivity index (χ2v) is 8.17. The van der Waals surface area contributed by atoms with Crippen LogP contribution in [0.2, 0.25) is 0 Å². The highest BCUT2D eigenvalue weighted by Crippen LogP contribution is 2.31. The Morgan fingerprint density at radius 2 is 1.80 bits per heavy atom. The topological polar surface area (TPSA) is 71.7 Å². The van der Waals surface area contributed by atoms with Gasteiger partial charge in [-0.1, -0.05) is 71.5 Å². The Kier molecular flexibility index (Phi) is 5.10. The number of hydrogen-bond acceptors (Lipinski definition) is 4. The van der Waals surface area contributed by atoms with Crippen molar-refractivity contribution in [3.63, 3.8) is 0 Å². The lowest BCUT2D eigenvalue weighted by molar-refractivity contribution is 0.0702. The third-order valence-electron chi connectivity index (χ3n) is 5.04. The van der Waals surface area contributed by atoms with Gasteiger partial charge in [0.05, 0.1) is 11.4 Å². The largest absolute Gasteiger partial charge is 0.477 e. The highest BCUT2D eigenvalue weighted by Gasteiger charge is 2.22. The molecular weight excluding hydrogens is 396 g/mol. The minimum Gasteiger partial charge on any atom is -0.477 e. The van der Waals surface area contributed by atoms with Gasteiger partial charge in [0.2, 0.25) is 0 Å². The first-order valence-electron chi connectivity index (χ1n) is 9.47. The number of nitrogens with zero attached hydrogens (tertiary/aromatic N) is 2. The summed E-state index contributed by atoms with van der Waals surface area (Å²) in [5.74, 6) is -1.08. The normalized spacial score (nSPS) is 11.4. The van der Waals surface area contributed by atoms with E-state index >= 15 is 0 Å². The Morgan fingerprint density at radius 3 is 2.50 bits per heavy atom. The fourth-order valence-electron chi connectivity index (χ4n) is 3.38. The Balaban J connectivity index is 1.93. The number of hydrogen-bond donors (Lipinski definition) is 1. The highest BCUT2D eigenvalue weighted by atomic mass is 32.1. The molecule has 4 aromatic rings. The standard InChI is InChI=1S/C24H20N2O3S/c1-14-9-10-15(2)18(13-14)11-12-19-16(3)22(27)26-20(17-7-5-4-6-8-17)21(23(28)29)30-24(26)25-19/h4-13H,1-3H3,(H,28,29). The molecule has 0 spiro atoms. The summed E-state index contributed by atoms with van der Waals surface area (Å²) in [5, 5.41) is 9.72. The van der Waals surface area contributed by atoms with Crippen LogP contribution in [0.1, 0.15) is 37.6 Å². The van der Waals surface area contributed by atoms with Gasteiger partial charge >= 0.3 is 5.97 Å². The van der Waals surface area contributed by atoms with Crippen LogP contribution in [0.4, 0.5) is 0 Å². The molecule has 0 bridgehead atoms. The summed E-state index contributed by atoms with van der Waals surface area (Å²) >= 11 is 1.01. The van der Waals surface area contributed by atoms with Crippen molar-refractivity contribution in [3.05, 3.63) is 91.7 Å². The quantitative estimate of drug-likeness (QED) is 0.495. The van der Waals surface area contributed by atoms with E-state index in [0.717, 1.165) is 28.0 Å². The van der Waals surface area contributed by atoms with Gasteiger partial charge in [-0.15, -0.1) is 0 Å². The Bertz CT molecular complexity index is 1360. The first-order valence-corrected chi connectivity index (χ1v) is 10.3. The molecule has 0 amide bonds. The van der Waals surface area contributed by atoms with Crippen LogP contribution in [0.25, 0.3) is 28.4 Å². The molecule has 2 heterocycles. The van der Waals surface area contributed by atoms with Crippen molar-refractivity contribution < 1.29 is 9.90 Å². The van der Waals surface area contributed by atoms with Gasteiger partial charge in [-0.05, 0) is 38.0 Å². The molecule has 0 atom stereocenters. The van der Waals surface area contributed by atoms with E-state index in [0.29, 0.717) is 27.5 Å². The van der Waals surface area contributed by atoms with E-state index in [1.54, 1.807) is 19.1 Å². The highest BCUT2D eigenvalue weighted by molar-refractivity contribution is 7.19. The van der Waals surface area contributed by atoms with Crippen molar-refractivity contribution in [1.29, 1.82) is 0 Å². The molecule has 0 radical (unpaired) electrons. The summed E-state index contributed by atoms with van der Waals surface area (Å²) in [4.78, 5) is 30.2. The second kappa shape index (κ2) is 7.72. The third-order valence-corrected chi connectivity index (χ3v) is 6.07. The molecule has 0 fully saturated rings. The van der Waals surface area contributed by atoms with Crippen molar-refractivity contribution in [3.8, 4) is 11.3 Å². The van der Waals surface area contributed by atoms with E-state index in [-0.39, 0.29) is 10.4 Å². The van der Waals surface area contributed by atoms with Gasteiger partial charge in [-0.3, -0.25) is 4.79 Å². The number of aromatic nitrogens is 2. The zero-order valence-electron chi connectivity index (χ0n) is 16.8. The number of fused-ring (bicyclic) bond motifs is 1. The van der Waals surface area contributed by atoms with Gasteiger partial charge in [0.25, 0.3) is 5.56 Å². The average molecular weight is 417 g/mol. The monoisotopic (exact) mass is 416 g/mol. The van der Waals surface area contributed by atoms with Crippen LogP contribution in [0, 0.1) is 20.8 Å². The molecule has 2 aromatic carbocycles. The van der Waals surface area contributed by atoms with E-state index in [1.807, 2.05) is 44.2 Å². The molecule has 0 unspecified atom stereocenters. The zero-order chi connectivity index (χ0) is 21.4. The number of aryl methyl sites for hydroxylation is 2. The third kappa shape index (κ3) is 3.46. The molecule has 2 aromatic heterocycles. The van der Waals surface area contributed by atoms with Gasteiger partial charge in [-0.2, -0.15) is 0 Å². The maximum absolute atomic E-state index is 13.2. The van der Waals surface area contributed by atoms with Gasteiger partial charge in [0.1, 0.15) is 4.88 Å². The number of thiazole rings is 1. The van der Waals surface area contributed by atoms with Crippen LogP contribution in [-0.4, -0.2) is 20.5 Å². The van der Waals surface area contributed by atoms with Crippen LogP contribution in [0.3, 0.4) is 0 Å². The molecular formula is C24H20N2O3S. The van der Waals surface area contributed by atoms with E-state index in [2.05, 4.69) is 23.2 Å². The van der Waals surface area contributed by atoms with Crippen molar-refractivity contribution in [1.82, 2.24) is 9.38 Å². The maximum Gasteiger partial charge on any atom is 0.348 e. The van der Waals surface area contributed by atoms with Gasteiger partial charge < -0.3 is 5.11 Å². The number of benzene rings is 2. The summed E-state index contributed by atoms with van der Waals surface area (Å²) in [7, 11) is 0. The van der Waals surface area contributed by atoms with Crippen LogP contribution in [0.5, 0.6) is 0 Å². The Hall–Kier alpha value is -3.51. The number of rotatable bonds is 4. The lowest BCUT2D eigenvalue weighted by atomic mass is 10.0. The molecule has 0 saturated heterocycles. The van der Waals surface area contributed by atoms with E-state index in [9.17, 15) is 14.7 Å². The number of carboxylic acids is 1. The second-order valence-electron chi connectivity index (χ2n) is 7.19. The predicted molar refractivity (Wildman–Crippen MR) is 121 cm³/mol. The molecule has 0 saturated carbocycles. The zero-order valence-corrected chi connectivity index (χ0v) is 17.7. The fraction of sp³-hybridized carbons (Fsp3) is 0.125. The SMILES string of the molecule is Cc1ccc(C)c(C=Cc2nc3sc(C(=O)O)c(-c4ccccc4)n3c(=O)c2C)c1. The molecule has 150 valence electrons. The number of carbonyl (C=O) groups is 1. The average Bonchev–Trinajstić information content (AvgIpc) is 3.12. The molecule has 1 N–H and O–H groups in total. The summed E-state index contributed by atoms with van der Waals surface area (Å²) < 4.78 is 1.41. The van der Waals surface area contributed by atoms with Gasteiger partial charge in [0.15, 0.2) is 4.96 Å². The minimum absolute atomic E-state index is 0.0980. The van der Waals surface area contributed by atoms with Crippen LogP contribution in [-0.2, 0) is 0 Å². The van der Waals surface area contributed by atoms with Crippen molar-refractivity contribution in [2.24, 2.45) is 0 Å². The summed E-state index contributed by atoms with van der Waals surface area (Å²) in [5.41, 5.74) is 5.12. The summed E-state index contributed by atoms with van der Waals surface area (Å²) in [6, 6.07) is 15.3. The smallest absolute Gasteiger partial charge is 0.348 e. The molecule has 4 rings (SSSR count).